The van der Waals surface area contributed by atoms with E-state index in [1.165, 1.54) is 6.33 Å². The van der Waals surface area contributed by atoms with Gasteiger partial charge in [0, 0.05) is 0 Å². The Hall–Kier alpha value is -5.17. The summed E-state index contributed by atoms with van der Waals surface area (Å²) in [7, 11) is 1.68. The first-order valence-corrected chi connectivity index (χ1v) is 12.7. The van der Waals surface area contributed by atoms with Crippen molar-refractivity contribution in [2.45, 2.75) is 12.1 Å². The molecule has 0 fully saturated rings. The Labute approximate surface area is 226 Å². The van der Waals surface area contributed by atoms with Crippen molar-refractivity contribution in [1.29, 1.82) is 0 Å². The number of fused-ring (bicyclic) bond motifs is 1. The lowest BCUT2D eigenvalue weighted by Gasteiger charge is -2.39. The zero-order valence-electron chi connectivity index (χ0n) is 21.4. The van der Waals surface area contributed by atoms with Crippen LogP contribution in [0.5, 0.6) is 11.5 Å². The molecule has 0 aliphatic carbocycles. The molecule has 0 atom stereocenters. The summed E-state index contributed by atoms with van der Waals surface area (Å²) in [4.78, 5) is 13.2. The highest BCUT2D eigenvalue weighted by atomic mass is 16.5. The Balaban J connectivity index is 1.62. The highest BCUT2D eigenvalue weighted by molar-refractivity contribution is 5.70. The van der Waals surface area contributed by atoms with Crippen molar-refractivity contribution >= 4 is 11.2 Å². The number of methoxy groups -OCH3 is 1. The normalized spacial score (nSPS) is 11.3. The maximum Gasteiger partial charge on any atom is 0.181 e. The molecule has 0 bridgehead atoms. The molecule has 0 saturated carbocycles. The second-order valence-electron chi connectivity index (χ2n) is 9.05. The van der Waals surface area contributed by atoms with Gasteiger partial charge in [-0.15, -0.1) is 0 Å². The molecule has 0 saturated heterocycles. The fraction of sp³-hybridized carbons (Fsp3) is 0.0938. The third-order valence-electron chi connectivity index (χ3n) is 6.73. The van der Waals surface area contributed by atoms with E-state index in [9.17, 15) is 0 Å². The molecule has 6 aromatic rings. The number of aromatic nitrogens is 4. The van der Waals surface area contributed by atoms with Crippen molar-refractivity contribution in [3.05, 3.63) is 150 Å². The molecule has 6 rings (SSSR count). The van der Waals surface area contributed by atoms with Gasteiger partial charge in [0.25, 0.3) is 0 Å². The first kappa shape index (κ1) is 24.2. The number of ether oxygens (including phenoxy) is 2. The van der Waals surface area contributed by atoms with Crippen LogP contribution in [-0.2, 0) is 12.1 Å². The summed E-state index contributed by atoms with van der Waals surface area (Å²) in [5.74, 6) is 1.37. The van der Waals surface area contributed by atoms with E-state index < -0.39 is 5.54 Å². The fourth-order valence-electron chi connectivity index (χ4n) is 4.95. The zero-order valence-corrected chi connectivity index (χ0v) is 21.4. The van der Waals surface area contributed by atoms with Crippen LogP contribution < -0.4 is 14.9 Å². The number of nitrogens with zero attached hydrogens (tertiary/aromatic N) is 4. The van der Waals surface area contributed by atoms with Crippen molar-refractivity contribution in [2.24, 2.45) is 0 Å². The molecule has 4 aromatic carbocycles. The van der Waals surface area contributed by atoms with Crippen LogP contribution in [0, 0.1) is 0 Å². The van der Waals surface area contributed by atoms with Crippen LogP contribution in [0.1, 0.15) is 22.3 Å². The van der Waals surface area contributed by atoms with Gasteiger partial charge in [-0.3, -0.25) is 0 Å². The van der Waals surface area contributed by atoms with Gasteiger partial charge in [-0.05, 0) is 28.8 Å². The monoisotopic (exact) mass is 513 g/mol. The van der Waals surface area contributed by atoms with E-state index in [1.807, 2.05) is 77.5 Å². The summed E-state index contributed by atoms with van der Waals surface area (Å²) in [5.41, 5.74) is 8.04. The van der Waals surface area contributed by atoms with Gasteiger partial charge < -0.3 is 14.9 Å². The molecule has 39 heavy (non-hydrogen) atoms. The minimum atomic E-state index is -0.959. The van der Waals surface area contributed by atoms with Gasteiger partial charge in [-0.25, -0.2) is 19.6 Å². The summed E-state index contributed by atoms with van der Waals surface area (Å²) in [5, 5.41) is 0. The van der Waals surface area contributed by atoms with Gasteiger partial charge >= 0.3 is 0 Å². The van der Waals surface area contributed by atoms with E-state index in [4.69, 9.17) is 9.47 Å². The number of benzene rings is 4. The number of nitrogens with one attached hydrogen (secondary N) is 1. The van der Waals surface area contributed by atoms with Crippen molar-refractivity contribution in [1.82, 2.24) is 19.6 Å². The Kier molecular flexibility index (Phi) is 6.62. The number of rotatable bonds is 9. The van der Waals surface area contributed by atoms with Crippen molar-refractivity contribution in [3.8, 4) is 11.5 Å². The minimum Gasteiger partial charge on any atom is -0.496 e. The topological polar surface area (TPSA) is 74.1 Å². The molecular weight excluding hydrogens is 486 g/mol. The predicted octanol–water partition coefficient (Wildman–Crippen LogP) is 5.95. The molecule has 1 N–H and O–H groups in total. The average Bonchev–Trinajstić information content (AvgIpc) is 3.42. The maximum absolute atomic E-state index is 6.55. The molecular formula is C32H27N5O2. The van der Waals surface area contributed by atoms with Gasteiger partial charge in [0.15, 0.2) is 5.65 Å². The van der Waals surface area contributed by atoms with E-state index in [-0.39, 0.29) is 0 Å². The van der Waals surface area contributed by atoms with Gasteiger partial charge in [0.05, 0.1) is 18.9 Å². The van der Waals surface area contributed by atoms with Crippen LogP contribution in [0.2, 0.25) is 0 Å². The summed E-state index contributed by atoms with van der Waals surface area (Å²) >= 11 is 0. The van der Waals surface area contributed by atoms with Crippen LogP contribution in [0.15, 0.2) is 128 Å². The van der Waals surface area contributed by atoms with Crippen LogP contribution >= 0.6 is 0 Å². The molecule has 0 aliphatic rings. The van der Waals surface area contributed by atoms with Gasteiger partial charge in [0.1, 0.15) is 41.8 Å². The first-order chi connectivity index (χ1) is 19.3. The van der Waals surface area contributed by atoms with Crippen molar-refractivity contribution in [2.75, 3.05) is 12.5 Å². The number of hydrogen-bond donors (Lipinski definition) is 1. The first-order valence-electron chi connectivity index (χ1n) is 12.7. The molecule has 0 unspecified atom stereocenters. The second kappa shape index (κ2) is 10.7. The summed E-state index contributed by atoms with van der Waals surface area (Å²) in [6, 6.07) is 36.6. The second-order valence-corrected chi connectivity index (χ2v) is 9.05. The van der Waals surface area contributed by atoms with Crippen LogP contribution in [0.25, 0.3) is 11.2 Å². The molecule has 0 spiro atoms. The van der Waals surface area contributed by atoms with Crippen LogP contribution in [0.4, 0.5) is 0 Å². The lowest BCUT2D eigenvalue weighted by atomic mass is 9.76. The standard InChI is InChI=1S/C32H27N5O2/c1-38-28-18-11-19-29(39-21-24-12-5-2-6-13-24)30(28)32(25-14-7-3-8-15-25,26-16-9-4-10-17-26)36-37-23-35-27-20-33-22-34-31(27)37/h2-20,22-23,36H,21H2,1H3. The lowest BCUT2D eigenvalue weighted by molar-refractivity contribution is 0.294. The van der Waals surface area contributed by atoms with E-state index in [0.717, 1.165) is 22.3 Å². The fourth-order valence-corrected chi connectivity index (χ4v) is 4.95. The van der Waals surface area contributed by atoms with E-state index >= 15 is 0 Å². The zero-order chi connectivity index (χ0) is 26.5. The Morgan fingerprint density at radius 2 is 1.38 bits per heavy atom. The Morgan fingerprint density at radius 1 is 0.744 bits per heavy atom. The molecule has 0 aliphatic heterocycles. The highest BCUT2D eigenvalue weighted by Crippen LogP contribution is 2.47. The van der Waals surface area contributed by atoms with Crippen LogP contribution in [0.3, 0.4) is 0 Å². The minimum absolute atomic E-state index is 0.405. The quantitative estimate of drug-likeness (QED) is 0.241. The predicted molar refractivity (Wildman–Crippen MR) is 151 cm³/mol. The van der Waals surface area contributed by atoms with Gasteiger partial charge in [-0.1, -0.05) is 97.1 Å². The number of hydrogen-bond acceptors (Lipinski definition) is 6. The molecule has 0 amide bonds. The Morgan fingerprint density at radius 3 is 2.05 bits per heavy atom. The van der Waals surface area contributed by atoms with Crippen molar-refractivity contribution < 1.29 is 9.47 Å². The highest BCUT2D eigenvalue weighted by Gasteiger charge is 2.42. The third kappa shape index (κ3) is 4.55. The summed E-state index contributed by atoms with van der Waals surface area (Å²) in [6.45, 7) is 0.405. The number of imidazole rings is 1. The van der Waals surface area contributed by atoms with E-state index in [1.54, 1.807) is 19.6 Å². The molecule has 0 radical (unpaired) electrons. The smallest absolute Gasteiger partial charge is 0.181 e. The SMILES string of the molecule is COc1cccc(OCc2ccccc2)c1C(Nn1cnc2cncnc21)(c1ccccc1)c1ccccc1. The third-order valence-corrected chi connectivity index (χ3v) is 6.73. The molecule has 7 nitrogen and oxygen atoms in total. The van der Waals surface area contributed by atoms with Gasteiger partial charge in [-0.2, -0.15) is 0 Å². The average molecular weight is 514 g/mol. The maximum atomic E-state index is 6.55. The Bertz CT molecular complexity index is 1630. The van der Waals surface area contributed by atoms with Crippen LogP contribution in [-0.4, -0.2) is 26.7 Å². The lowest BCUT2D eigenvalue weighted by Crippen LogP contribution is -2.43. The van der Waals surface area contributed by atoms with E-state index in [0.29, 0.717) is 29.3 Å². The van der Waals surface area contributed by atoms with Gasteiger partial charge in [0.2, 0.25) is 0 Å². The summed E-state index contributed by atoms with van der Waals surface area (Å²) < 4.78 is 14.4. The van der Waals surface area contributed by atoms with Crippen molar-refractivity contribution in [3.63, 3.8) is 0 Å². The largest absolute Gasteiger partial charge is 0.496 e. The molecule has 7 heteroatoms. The molecule has 2 heterocycles. The van der Waals surface area contributed by atoms with E-state index in [2.05, 4.69) is 56.8 Å². The molecule has 192 valence electrons. The summed E-state index contributed by atoms with van der Waals surface area (Å²) in [6.07, 6.45) is 4.94. The molecule has 2 aromatic heterocycles.